The predicted octanol–water partition coefficient (Wildman–Crippen LogP) is 3.17. The zero-order valence-corrected chi connectivity index (χ0v) is 20.6. The highest BCUT2D eigenvalue weighted by Gasteiger charge is 2.45. The van der Waals surface area contributed by atoms with Crippen molar-refractivity contribution < 1.29 is 19.1 Å². The second-order valence-electron chi connectivity index (χ2n) is 9.60. The van der Waals surface area contributed by atoms with Gasteiger partial charge in [0.1, 0.15) is 12.1 Å². The summed E-state index contributed by atoms with van der Waals surface area (Å²) in [7, 11) is 3.57. The Kier molecular flexibility index (Phi) is 8.72. The van der Waals surface area contributed by atoms with E-state index in [4.69, 9.17) is 9.47 Å². The van der Waals surface area contributed by atoms with E-state index in [1.165, 1.54) is 0 Å². The van der Waals surface area contributed by atoms with Gasteiger partial charge < -0.3 is 20.1 Å². The summed E-state index contributed by atoms with van der Waals surface area (Å²) in [5.74, 6) is 0.580. The van der Waals surface area contributed by atoms with E-state index in [1.807, 2.05) is 60.7 Å². The van der Waals surface area contributed by atoms with Crippen molar-refractivity contribution in [1.29, 1.82) is 0 Å². The average molecular weight is 477 g/mol. The first-order chi connectivity index (χ1) is 17.1. The second kappa shape index (κ2) is 12.1. The number of likely N-dealkylation sites (N-methyl/N-ethyl adjacent to an activating group) is 2. The number of benzene rings is 2. The van der Waals surface area contributed by atoms with Gasteiger partial charge in [0.2, 0.25) is 0 Å². The topological polar surface area (TPSA) is 76.7 Å². The summed E-state index contributed by atoms with van der Waals surface area (Å²) in [6.07, 6.45) is 6.66. The van der Waals surface area contributed by atoms with Gasteiger partial charge in [0.25, 0.3) is 0 Å². The highest BCUT2D eigenvalue weighted by atomic mass is 16.5. The maximum Gasteiger partial charge on any atom is 0.323 e. The number of carbonyl (C=O) groups excluding carboxylic acids is 2. The Hall–Kier alpha value is -2.96. The molecule has 2 aliphatic carbocycles. The Bertz CT molecular complexity index is 915. The number of esters is 2. The van der Waals surface area contributed by atoms with Crippen LogP contribution >= 0.6 is 0 Å². The molecule has 6 atom stereocenters. The molecule has 1 saturated carbocycles. The van der Waals surface area contributed by atoms with Gasteiger partial charge in [0.15, 0.2) is 0 Å². The number of hydrogen-bond acceptors (Lipinski definition) is 6. The summed E-state index contributed by atoms with van der Waals surface area (Å²) in [6.45, 7) is 0.692. The van der Waals surface area contributed by atoms with E-state index >= 15 is 0 Å². The van der Waals surface area contributed by atoms with Crippen LogP contribution in [0.2, 0.25) is 0 Å². The minimum Gasteiger partial charge on any atom is -0.464 e. The fraction of sp³-hybridized carbons (Fsp3) is 0.448. The number of nitrogens with one attached hydrogen (secondary N) is 2. The Labute approximate surface area is 208 Å². The predicted molar refractivity (Wildman–Crippen MR) is 136 cm³/mol. The molecule has 1 fully saturated rings. The van der Waals surface area contributed by atoms with Crippen molar-refractivity contribution in [1.82, 2.24) is 10.6 Å². The van der Waals surface area contributed by atoms with Crippen molar-refractivity contribution in [2.24, 2.45) is 23.7 Å². The smallest absolute Gasteiger partial charge is 0.323 e. The number of carbonyl (C=O) groups is 2. The van der Waals surface area contributed by atoms with Crippen LogP contribution in [0.3, 0.4) is 0 Å². The van der Waals surface area contributed by atoms with Crippen molar-refractivity contribution in [3.05, 3.63) is 83.9 Å². The van der Waals surface area contributed by atoms with E-state index in [9.17, 15) is 9.59 Å². The summed E-state index contributed by atoms with van der Waals surface area (Å²) in [5.41, 5.74) is 2.18. The molecule has 0 heterocycles. The lowest BCUT2D eigenvalue weighted by molar-refractivity contribution is -0.152. The Morgan fingerprint density at radius 1 is 0.743 bits per heavy atom. The van der Waals surface area contributed by atoms with Gasteiger partial charge in [-0.25, -0.2) is 0 Å². The summed E-state index contributed by atoms with van der Waals surface area (Å²) in [5, 5.41) is 6.17. The first kappa shape index (κ1) is 25.1. The summed E-state index contributed by atoms with van der Waals surface area (Å²) in [4.78, 5) is 25.6. The third-order valence-electron chi connectivity index (χ3n) is 7.47. The van der Waals surface area contributed by atoms with Gasteiger partial charge in [-0.05, 0) is 56.3 Å². The molecular formula is C29H36N2O4. The SMILES string of the molecule is CN[C@@H](Cc1ccccc1)C(=O)OC[C@@H]1[C@H](COC(=O)[C@H](Cc2ccccc2)NC)[C@H]2C=C[C@@H]1C2. The van der Waals surface area contributed by atoms with E-state index in [0.29, 0.717) is 37.9 Å². The second-order valence-corrected chi connectivity index (χ2v) is 9.60. The van der Waals surface area contributed by atoms with Crippen LogP contribution in [0.5, 0.6) is 0 Å². The van der Waals surface area contributed by atoms with Gasteiger partial charge >= 0.3 is 11.9 Å². The lowest BCUT2D eigenvalue weighted by Gasteiger charge is -2.28. The number of allylic oxidation sites excluding steroid dienone is 2. The van der Waals surface area contributed by atoms with Gasteiger partial charge in [-0.15, -0.1) is 0 Å². The number of rotatable bonds is 12. The normalized spacial score (nSPS) is 24.2. The van der Waals surface area contributed by atoms with E-state index < -0.39 is 12.1 Å². The molecule has 2 aromatic rings. The van der Waals surface area contributed by atoms with Crippen LogP contribution in [0.25, 0.3) is 0 Å². The zero-order chi connectivity index (χ0) is 24.6. The molecule has 2 bridgehead atoms. The fourth-order valence-electron chi connectivity index (χ4n) is 5.39. The molecule has 0 radical (unpaired) electrons. The first-order valence-corrected chi connectivity index (χ1v) is 12.5. The molecule has 2 aliphatic rings. The fourth-order valence-corrected chi connectivity index (χ4v) is 5.39. The van der Waals surface area contributed by atoms with Crippen LogP contribution in [0, 0.1) is 23.7 Å². The zero-order valence-electron chi connectivity index (χ0n) is 20.6. The summed E-state index contributed by atoms with van der Waals surface area (Å²) in [6, 6.07) is 19.1. The quantitative estimate of drug-likeness (QED) is 0.362. The van der Waals surface area contributed by atoms with Crippen LogP contribution in [0.1, 0.15) is 17.5 Å². The standard InChI is InChI=1S/C29H36N2O4/c1-30-26(15-20-9-5-3-6-10-20)28(32)34-18-24-22-13-14-23(17-22)25(24)19-35-29(33)27(31-2)16-21-11-7-4-8-12-21/h3-14,22-27,30-31H,15-19H2,1-2H3/t22-,23+,24+,25-,26-,27-/m0/s1. The van der Waals surface area contributed by atoms with E-state index in [1.54, 1.807) is 14.1 Å². The monoisotopic (exact) mass is 476 g/mol. The number of hydrogen-bond donors (Lipinski definition) is 2. The average Bonchev–Trinajstić information content (AvgIpc) is 3.50. The van der Waals surface area contributed by atoms with Crippen LogP contribution < -0.4 is 10.6 Å². The molecule has 0 saturated heterocycles. The molecule has 186 valence electrons. The molecule has 0 aromatic heterocycles. The molecular weight excluding hydrogens is 440 g/mol. The highest BCUT2D eigenvalue weighted by Crippen LogP contribution is 2.48. The molecule has 0 unspecified atom stereocenters. The van der Waals surface area contributed by atoms with Crippen molar-refractivity contribution in [2.75, 3.05) is 27.3 Å². The minimum atomic E-state index is -0.391. The molecule has 2 N–H and O–H groups in total. The lowest BCUT2D eigenvalue weighted by Crippen LogP contribution is -2.40. The lowest BCUT2D eigenvalue weighted by atomic mass is 9.84. The van der Waals surface area contributed by atoms with Crippen molar-refractivity contribution in [3.63, 3.8) is 0 Å². The van der Waals surface area contributed by atoms with Crippen molar-refractivity contribution in [3.8, 4) is 0 Å². The summed E-state index contributed by atoms with van der Waals surface area (Å²) >= 11 is 0. The molecule has 6 heteroatoms. The number of ether oxygens (including phenoxy) is 2. The Morgan fingerprint density at radius 2 is 1.14 bits per heavy atom. The maximum absolute atomic E-state index is 12.8. The number of fused-ring (bicyclic) bond motifs is 2. The third-order valence-corrected chi connectivity index (χ3v) is 7.47. The van der Waals surface area contributed by atoms with Crippen LogP contribution in [-0.4, -0.2) is 51.3 Å². The summed E-state index contributed by atoms with van der Waals surface area (Å²) < 4.78 is 11.6. The Balaban J connectivity index is 1.30. The van der Waals surface area contributed by atoms with Crippen LogP contribution in [0.15, 0.2) is 72.8 Å². The van der Waals surface area contributed by atoms with Crippen LogP contribution in [-0.2, 0) is 31.9 Å². The van der Waals surface area contributed by atoms with Crippen molar-refractivity contribution in [2.45, 2.75) is 31.3 Å². The van der Waals surface area contributed by atoms with Gasteiger partial charge in [0.05, 0.1) is 13.2 Å². The van der Waals surface area contributed by atoms with Gasteiger partial charge in [-0.3, -0.25) is 9.59 Å². The largest absolute Gasteiger partial charge is 0.464 e. The van der Waals surface area contributed by atoms with Crippen molar-refractivity contribution >= 4 is 11.9 Å². The van der Waals surface area contributed by atoms with E-state index in [-0.39, 0.29) is 23.8 Å². The molecule has 0 aliphatic heterocycles. The molecule has 0 amide bonds. The highest BCUT2D eigenvalue weighted by molar-refractivity contribution is 5.76. The molecule has 0 spiro atoms. The van der Waals surface area contributed by atoms with E-state index in [2.05, 4.69) is 22.8 Å². The third kappa shape index (κ3) is 6.38. The Morgan fingerprint density at radius 3 is 1.51 bits per heavy atom. The molecule has 6 nitrogen and oxygen atoms in total. The first-order valence-electron chi connectivity index (χ1n) is 12.5. The molecule has 2 aromatic carbocycles. The maximum atomic E-state index is 12.8. The van der Waals surface area contributed by atoms with Crippen LogP contribution in [0.4, 0.5) is 0 Å². The van der Waals surface area contributed by atoms with Gasteiger partial charge in [-0.2, -0.15) is 0 Å². The molecule has 4 rings (SSSR count). The van der Waals surface area contributed by atoms with E-state index in [0.717, 1.165) is 17.5 Å². The van der Waals surface area contributed by atoms with Gasteiger partial charge in [0, 0.05) is 11.8 Å². The molecule has 35 heavy (non-hydrogen) atoms. The minimum absolute atomic E-state index is 0.165. The van der Waals surface area contributed by atoms with Gasteiger partial charge in [-0.1, -0.05) is 72.8 Å².